The maximum absolute atomic E-state index is 13.6. The predicted molar refractivity (Wildman–Crippen MR) is 108 cm³/mol. The molecule has 2 aliphatic carbocycles. The molecule has 0 N–H and O–H groups in total. The summed E-state index contributed by atoms with van der Waals surface area (Å²) >= 11 is 0. The van der Waals surface area contributed by atoms with Crippen molar-refractivity contribution in [1.82, 2.24) is 0 Å². The fraction of sp³-hybridized carbons (Fsp3) is 0.708. The molecule has 4 aliphatic rings. The summed E-state index contributed by atoms with van der Waals surface area (Å²) in [5.41, 5.74) is 0.451. The van der Waals surface area contributed by atoms with Gasteiger partial charge in [-0.3, -0.25) is 4.79 Å². The first-order chi connectivity index (χ1) is 13.9. The van der Waals surface area contributed by atoms with E-state index in [9.17, 15) is 4.79 Å². The number of benzene rings is 1. The highest BCUT2D eigenvalue weighted by molar-refractivity contribution is 5.84. The topological polar surface area (TPSA) is 54.0 Å². The number of ether oxygens (including phenoxy) is 4. The van der Waals surface area contributed by atoms with Crippen molar-refractivity contribution in [3.8, 4) is 5.75 Å². The van der Waals surface area contributed by atoms with Crippen molar-refractivity contribution in [1.29, 1.82) is 0 Å². The lowest BCUT2D eigenvalue weighted by Gasteiger charge is -2.59. The number of rotatable bonds is 3. The molecule has 29 heavy (non-hydrogen) atoms. The van der Waals surface area contributed by atoms with Gasteiger partial charge in [0.2, 0.25) is 0 Å². The summed E-state index contributed by atoms with van der Waals surface area (Å²) in [4.78, 5) is 13.6. The summed E-state index contributed by atoms with van der Waals surface area (Å²) in [6.45, 7) is 8.72. The standard InChI is InChI=1S/C24H32O5/c1-4-26-15-23-17-9-7-10-18(17)24(27-13-22(2,3)14-28-24)12-19(23)16-8-5-6-11-20(16)29-21(23)25/h5-6,8,11,17-19H,4,7,9-10,12-15H2,1-3H3. The van der Waals surface area contributed by atoms with E-state index >= 15 is 0 Å². The highest BCUT2D eigenvalue weighted by Crippen LogP contribution is 2.66. The van der Waals surface area contributed by atoms with Gasteiger partial charge in [0.05, 0.1) is 19.8 Å². The average Bonchev–Trinajstić information content (AvgIpc) is 3.21. The van der Waals surface area contributed by atoms with E-state index in [2.05, 4.69) is 19.9 Å². The fourth-order valence-electron chi connectivity index (χ4n) is 6.30. The molecule has 5 heteroatoms. The van der Waals surface area contributed by atoms with E-state index in [1.165, 1.54) is 0 Å². The second kappa shape index (κ2) is 6.79. The Morgan fingerprint density at radius 1 is 1.10 bits per heavy atom. The Labute approximate surface area is 173 Å². The molecule has 0 amide bonds. The molecule has 1 spiro atoms. The van der Waals surface area contributed by atoms with Crippen LogP contribution in [0, 0.1) is 22.7 Å². The van der Waals surface area contributed by atoms with Crippen LogP contribution in [0.5, 0.6) is 5.75 Å². The number of para-hydroxylation sites is 1. The zero-order valence-corrected chi connectivity index (χ0v) is 17.7. The number of carbonyl (C=O) groups excluding carboxylic acids is 1. The van der Waals surface area contributed by atoms with Crippen molar-refractivity contribution in [2.24, 2.45) is 22.7 Å². The molecule has 1 aromatic carbocycles. The van der Waals surface area contributed by atoms with Gasteiger partial charge < -0.3 is 18.9 Å². The number of hydrogen-bond donors (Lipinski definition) is 0. The molecule has 2 heterocycles. The monoisotopic (exact) mass is 400 g/mol. The Kier molecular flexibility index (Phi) is 4.57. The van der Waals surface area contributed by atoms with Crippen LogP contribution in [0.1, 0.15) is 57.9 Å². The van der Waals surface area contributed by atoms with Crippen LogP contribution in [0.15, 0.2) is 24.3 Å². The van der Waals surface area contributed by atoms with E-state index in [-0.39, 0.29) is 29.1 Å². The summed E-state index contributed by atoms with van der Waals surface area (Å²) in [5.74, 6) is 0.270. The van der Waals surface area contributed by atoms with E-state index in [0.717, 1.165) is 24.8 Å². The highest BCUT2D eigenvalue weighted by Gasteiger charge is 2.69. The van der Waals surface area contributed by atoms with Crippen molar-refractivity contribution in [2.75, 3.05) is 26.4 Å². The third kappa shape index (κ3) is 2.81. The molecule has 158 valence electrons. The van der Waals surface area contributed by atoms with Gasteiger partial charge >= 0.3 is 5.97 Å². The summed E-state index contributed by atoms with van der Waals surface area (Å²) in [6.07, 6.45) is 3.79. The van der Waals surface area contributed by atoms with Gasteiger partial charge in [-0.15, -0.1) is 0 Å². The smallest absolute Gasteiger partial charge is 0.320 e. The second-order valence-electron chi connectivity index (χ2n) is 10.1. The maximum atomic E-state index is 13.6. The second-order valence-corrected chi connectivity index (χ2v) is 10.1. The van der Waals surface area contributed by atoms with Crippen LogP contribution in [-0.2, 0) is 19.0 Å². The molecule has 4 atom stereocenters. The van der Waals surface area contributed by atoms with Crippen LogP contribution in [0.4, 0.5) is 0 Å². The molecule has 1 saturated heterocycles. The Morgan fingerprint density at radius 3 is 2.59 bits per heavy atom. The minimum Gasteiger partial charge on any atom is -0.426 e. The molecule has 3 fully saturated rings. The van der Waals surface area contributed by atoms with Gasteiger partial charge in [-0.1, -0.05) is 38.5 Å². The van der Waals surface area contributed by atoms with E-state index < -0.39 is 11.2 Å². The van der Waals surface area contributed by atoms with Crippen LogP contribution in [0.2, 0.25) is 0 Å². The van der Waals surface area contributed by atoms with E-state index in [0.29, 0.717) is 38.6 Å². The molecular formula is C24H32O5. The first-order valence-electron chi connectivity index (χ1n) is 11.1. The Hall–Kier alpha value is -1.43. The van der Waals surface area contributed by atoms with Crippen LogP contribution in [0.25, 0.3) is 0 Å². The van der Waals surface area contributed by atoms with Crippen LogP contribution < -0.4 is 4.74 Å². The normalized spacial score (nSPS) is 36.8. The lowest BCUT2D eigenvalue weighted by molar-refractivity contribution is -0.350. The fourth-order valence-corrected chi connectivity index (χ4v) is 6.30. The molecule has 5 nitrogen and oxygen atoms in total. The van der Waals surface area contributed by atoms with E-state index in [1.54, 1.807) is 0 Å². The number of esters is 1. The van der Waals surface area contributed by atoms with Crippen molar-refractivity contribution < 1.29 is 23.7 Å². The van der Waals surface area contributed by atoms with Gasteiger partial charge in [-0.05, 0) is 37.3 Å². The van der Waals surface area contributed by atoms with Gasteiger partial charge in [-0.2, -0.15) is 0 Å². The van der Waals surface area contributed by atoms with Gasteiger partial charge in [0.1, 0.15) is 11.2 Å². The molecule has 0 radical (unpaired) electrons. The largest absolute Gasteiger partial charge is 0.426 e. The van der Waals surface area contributed by atoms with Crippen LogP contribution >= 0.6 is 0 Å². The Balaban J connectivity index is 1.62. The van der Waals surface area contributed by atoms with E-state index in [4.69, 9.17) is 18.9 Å². The zero-order valence-electron chi connectivity index (χ0n) is 17.7. The van der Waals surface area contributed by atoms with Crippen molar-refractivity contribution >= 4 is 5.97 Å². The maximum Gasteiger partial charge on any atom is 0.320 e. The van der Waals surface area contributed by atoms with Crippen LogP contribution in [0.3, 0.4) is 0 Å². The Morgan fingerprint density at radius 2 is 1.83 bits per heavy atom. The summed E-state index contributed by atoms with van der Waals surface area (Å²) in [6, 6.07) is 7.96. The summed E-state index contributed by atoms with van der Waals surface area (Å²) < 4.78 is 25.0. The molecule has 0 bridgehead atoms. The predicted octanol–water partition coefficient (Wildman–Crippen LogP) is 4.30. The third-order valence-electron chi connectivity index (χ3n) is 7.69. The third-order valence-corrected chi connectivity index (χ3v) is 7.69. The molecule has 0 aromatic heterocycles. The van der Waals surface area contributed by atoms with Gasteiger partial charge in [0, 0.05) is 30.3 Å². The number of carbonyl (C=O) groups is 1. The highest BCUT2D eigenvalue weighted by atomic mass is 16.7. The van der Waals surface area contributed by atoms with Crippen molar-refractivity contribution in [3.63, 3.8) is 0 Å². The quantitative estimate of drug-likeness (QED) is 0.559. The number of hydrogen-bond acceptors (Lipinski definition) is 5. The van der Waals surface area contributed by atoms with Crippen LogP contribution in [-0.4, -0.2) is 38.2 Å². The van der Waals surface area contributed by atoms with Crippen molar-refractivity contribution in [2.45, 2.75) is 58.2 Å². The molecule has 2 aliphatic heterocycles. The minimum absolute atomic E-state index is 0.0165. The Bertz CT molecular complexity index is 792. The summed E-state index contributed by atoms with van der Waals surface area (Å²) in [5, 5.41) is 0. The zero-order chi connectivity index (χ0) is 20.3. The minimum atomic E-state index is -0.656. The molecule has 2 saturated carbocycles. The van der Waals surface area contributed by atoms with Gasteiger partial charge in [0.15, 0.2) is 5.79 Å². The SMILES string of the molecule is CCOCC12C(=O)Oc3ccccc3C1CC1(OCC(C)(C)CO1)C1CCCC12. The van der Waals surface area contributed by atoms with Gasteiger partial charge in [0.25, 0.3) is 0 Å². The first-order valence-corrected chi connectivity index (χ1v) is 11.1. The lowest BCUT2D eigenvalue weighted by Crippen LogP contribution is -2.65. The molecule has 1 aromatic rings. The van der Waals surface area contributed by atoms with Crippen molar-refractivity contribution in [3.05, 3.63) is 29.8 Å². The van der Waals surface area contributed by atoms with E-state index in [1.807, 2.05) is 25.1 Å². The summed E-state index contributed by atoms with van der Waals surface area (Å²) in [7, 11) is 0. The molecule has 4 unspecified atom stereocenters. The van der Waals surface area contributed by atoms with Gasteiger partial charge in [-0.25, -0.2) is 0 Å². The average molecular weight is 401 g/mol. The number of fused-ring (bicyclic) bond motifs is 6. The first kappa shape index (κ1) is 19.5. The lowest BCUT2D eigenvalue weighted by atomic mass is 9.53. The molecule has 5 rings (SSSR count). The molecular weight excluding hydrogens is 368 g/mol.